The number of rotatable bonds is 3. The number of carbonyl (C=O) groups is 1. The Kier molecular flexibility index (Phi) is 5.14. The predicted octanol–water partition coefficient (Wildman–Crippen LogP) is 4.71. The molecule has 2 N–H and O–H groups in total. The van der Waals surface area contributed by atoms with Crippen molar-refractivity contribution in [1.29, 1.82) is 0 Å². The summed E-state index contributed by atoms with van der Waals surface area (Å²) in [5.41, 5.74) is 2.93. The number of halogens is 3. The molecule has 1 fully saturated rings. The minimum atomic E-state index is -4.63. The number of anilines is 2. The lowest BCUT2D eigenvalue weighted by atomic mass is 9.93. The van der Waals surface area contributed by atoms with Crippen LogP contribution in [0.5, 0.6) is 0 Å². The normalized spacial score (nSPS) is 21.4. The number of hydrogen-bond acceptors (Lipinski definition) is 5. The number of carbonyl (C=O) groups excluding carboxylic acids is 1. The van der Waals surface area contributed by atoms with E-state index >= 15 is 0 Å². The van der Waals surface area contributed by atoms with Crippen LogP contribution in [0.25, 0.3) is 11.1 Å². The van der Waals surface area contributed by atoms with Crippen LogP contribution in [0.15, 0.2) is 54.7 Å². The summed E-state index contributed by atoms with van der Waals surface area (Å²) in [7, 11) is 0. The predicted molar refractivity (Wildman–Crippen MR) is 120 cm³/mol. The van der Waals surface area contributed by atoms with E-state index < -0.39 is 29.6 Å². The van der Waals surface area contributed by atoms with Gasteiger partial charge in [-0.2, -0.15) is 13.2 Å². The van der Waals surface area contributed by atoms with Gasteiger partial charge in [0.1, 0.15) is 11.3 Å². The maximum atomic E-state index is 12.9. The number of aliphatic hydroxyl groups excluding tert-OH is 1. The fourth-order valence-electron chi connectivity index (χ4n) is 4.62. The summed E-state index contributed by atoms with van der Waals surface area (Å²) in [6, 6.07) is 13.2. The van der Waals surface area contributed by atoms with Crippen molar-refractivity contribution >= 4 is 17.3 Å². The summed E-state index contributed by atoms with van der Waals surface area (Å²) < 4.78 is 44.7. The number of hydrogen-bond donors (Lipinski definition) is 2. The molecule has 2 aromatic carbocycles. The van der Waals surface area contributed by atoms with Gasteiger partial charge < -0.3 is 20.1 Å². The Morgan fingerprint density at radius 1 is 1.21 bits per heavy atom. The highest BCUT2D eigenvalue weighted by Gasteiger charge is 2.50. The standard InChI is InChI=1S/C25H22F3N3O3/c1-14-3-5-17(30-22(32)16-7-8-29-21(12-16)25(26,27)28)13-18(14)15-4-6-19-20(11-15)31-9-10-34-24(19,2)23(31)33/h3-8,11-13,23,33H,9-10H2,1-2H3,(H,30,32). The maximum absolute atomic E-state index is 12.9. The molecular weight excluding hydrogens is 447 g/mol. The number of pyridine rings is 1. The van der Waals surface area contributed by atoms with Gasteiger partial charge in [0, 0.05) is 35.2 Å². The van der Waals surface area contributed by atoms with E-state index in [9.17, 15) is 23.1 Å². The summed E-state index contributed by atoms with van der Waals surface area (Å²) >= 11 is 0. The van der Waals surface area contributed by atoms with Crippen molar-refractivity contribution in [2.45, 2.75) is 31.9 Å². The van der Waals surface area contributed by atoms with Gasteiger partial charge in [0.2, 0.25) is 0 Å². The fourth-order valence-corrected chi connectivity index (χ4v) is 4.62. The zero-order valence-corrected chi connectivity index (χ0v) is 18.5. The number of aromatic nitrogens is 1. The first-order valence-electron chi connectivity index (χ1n) is 10.8. The third kappa shape index (κ3) is 3.61. The number of aryl methyl sites for hydroxylation is 1. The molecule has 0 radical (unpaired) electrons. The monoisotopic (exact) mass is 469 g/mol. The molecule has 34 heavy (non-hydrogen) atoms. The Bertz CT molecular complexity index is 1290. The van der Waals surface area contributed by atoms with Crippen molar-refractivity contribution in [3.05, 3.63) is 77.1 Å². The average molecular weight is 469 g/mol. The maximum Gasteiger partial charge on any atom is 0.433 e. The highest BCUT2D eigenvalue weighted by molar-refractivity contribution is 6.04. The van der Waals surface area contributed by atoms with Crippen LogP contribution in [0.4, 0.5) is 24.5 Å². The molecule has 176 valence electrons. The molecule has 2 aliphatic rings. The second kappa shape index (κ2) is 7.82. The Morgan fingerprint density at radius 3 is 2.76 bits per heavy atom. The summed E-state index contributed by atoms with van der Waals surface area (Å²) in [5, 5.41) is 13.4. The number of morpholine rings is 1. The summed E-state index contributed by atoms with van der Waals surface area (Å²) in [4.78, 5) is 17.8. The first-order chi connectivity index (χ1) is 16.1. The molecule has 0 spiro atoms. The van der Waals surface area contributed by atoms with Gasteiger partial charge in [0.25, 0.3) is 5.91 Å². The van der Waals surface area contributed by atoms with Gasteiger partial charge in [-0.1, -0.05) is 18.2 Å². The molecule has 3 heterocycles. The van der Waals surface area contributed by atoms with E-state index in [0.29, 0.717) is 18.8 Å². The number of nitrogens with one attached hydrogen (secondary N) is 1. The van der Waals surface area contributed by atoms with Crippen molar-refractivity contribution in [3.8, 4) is 11.1 Å². The molecule has 3 aromatic rings. The van der Waals surface area contributed by atoms with Crippen LogP contribution < -0.4 is 10.2 Å². The Hall–Kier alpha value is -3.43. The minimum Gasteiger partial charge on any atom is -0.370 e. The van der Waals surface area contributed by atoms with Crippen molar-refractivity contribution in [2.24, 2.45) is 0 Å². The van der Waals surface area contributed by atoms with Crippen LogP contribution in [-0.2, 0) is 16.5 Å². The quantitative estimate of drug-likeness (QED) is 0.581. The van der Waals surface area contributed by atoms with Crippen molar-refractivity contribution in [1.82, 2.24) is 4.98 Å². The second-order valence-electron chi connectivity index (χ2n) is 8.67. The lowest BCUT2D eigenvalue weighted by molar-refractivity contribution is -0.141. The SMILES string of the molecule is Cc1ccc(NC(=O)c2ccnc(C(F)(F)F)c2)cc1-c1ccc2c(c1)N1CCOC2(C)C1O. The molecule has 1 aromatic heterocycles. The Morgan fingerprint density at radius 2 is 2.00 bits per heavy atom. The fraction of sp³-hybridized carbons (Fsp3) is 0.280. The van der Waals surface area contributed by atoms with Crippen LogP contribution in [-0.4, -0.2) is 35.4 Å². The van der Waals surface area contributed by atoms with Gasteiger partial charge in [0.15, 0.2) is 6.23 Å². The molecule has 1 amide bonds. The van der Waals surface area contributed by atoms with E-state index in [4.69, 9.17) is 4.74 Å². The summed E-state index contributed by atoms with van der Waals surface area (Å²) in [6.07, 6.45) is -4.43. The Labute approximate surface area is 194 Å². The van der Waals surface area contributed by atoms with Crippen LogP contribution >= 0.6 is 0 Å². The van der Waals surface area contributed by atoms with E-state index in [2.05, 4.69) is 10.3 Å². The van der Waals surface area contributed by atoms with Crippen molar-refractivity contribution in [3.63, 3.8) is 0 Å². The zero-order chi connectivity index (χ0) is 24.3. The smallest absolute Gasteiger partial charge is 0.370 e. The number of alkyl halides is 3. The number of amides is 1. The first-order valence-corrected chi connectivity index (χ1v) is 10.8. The van der Waals surface area contributed by atoms with E-state index in [1.54, 1.807) is 12.1 Å². The molecule has 2 bridgehead atoms. The molecule has 1 saturated heterocycles. The number of fused-ring (bicyclic) bond motifs is 5. The molecule has 5 rings (SSSR count). The number of nitrogens with zero attached hydrogens (tertiary/aromatic N) is 2. The lowest BCUT2D eigenvalue weighted by Gasteiger charge is -2.37. The first kappa shape index (κ1) is 22.4. The van der Waals surface area contributed by atoms with Crippen molar-refractivity contribution in [2.75, 3.05) is 23.4 Å². The van der Waals surface area contributed by atoms with E-state index in [1.807, 2.05) is 43.0 Å². The highest BCUT2D eigenvalue weighted by Crippen LogP contribution is 2.48. The van der Waals surface area contributed by atoms with Gasteiger partial charge in [-0.15, -0.1) is 0 Å². The third-order valence-electron chi connectivity index (χ3n) is 6.48. The van der Waals surface area contributed by atoms with E-state index in [-0.39, 0.29) is 5.56 Å². The van der Waals surface area contributed by atoms with Crippen LogP contribution in [0, 0.1) is 6.92 Å². The van der Waals surface area contributed by atoms with Crippen LogP contribution in [0.2, 0.25) is 0 Å². The highest BCUT2D eigenvalue weighted by atomic mass is 19.4. The molecule has 2 atom stereocenters. The van der Waals surface area contributed by atoms with Crippen molar-refractivity contribution < 1.29 is 27.8 Å². The molecular formula is C25H22F3N3O3. The van der Waals surface area contributed by atoms with Gasteiger partial charge >= 0.3 is 6.18 Å². The average Bonchev–Trinajstić information content (AvgIpc) is 2.91. The number of aliphatic hydroxyl groups is 1. The summed E-state index contributed by atoms with van der Waals surface area (Å²) in [6.45, 7) is 4.90. The van der Waals surface area contributed by atoms with E-state index in [1.165, 1.54) is 6.07 Å². The molecule has 6 nitrogen and oxygen atoms in total. The minimum absolute atomic E-state index is 0.135. The van der Waals surface area contributed by atoms with Crippen LogP contribution in [0.1, 0.15) is 34.1 Å². The zero-order valence-electron chi connectivity index (χ0n) is 18.5. The number of benzene rings is 2. The Balaban J connectivity index is 1.45. The lowest BCUT2D eigenvalue weighted by Crippen LogP contribution is -2.51. The largest absolute Gasteiger partial charge is 0.433 e. The molecule has 2 aliphatic heterocycles. The molecule has 2 unspecified atom stereocenters. The number of ether oxygens (including phenoxy) is 1. The van der Waals surface area contributed by atoms with E-state index in [0.717, 1.165) is 40.2 Å². The topological polar surface area (TPSA) is 74.7 Å². The molecule has 9 heteroatoms. The molecule has 0 aliphatic carbocycles. The second-order valence-corrected chi connectivity index (χ2v) is 8.67. The summed E-state index contributed by atoms with van der Waals surface area (Å²) in [5.74, 6) is -0.662. The van der Waals surface area contributed by atoms with Gasteiger partial charge in [-0.3, -0.25) is 9.78 Å². The van der Waals surface area contributed by atoms with Gasteiger partial charge in [-0.05, 0) is 60.9 Å². The molecule has 0 saturated carbocycles. The third-order valence-corrected chi connectivity index (χ3v) is 6.48. The van der Waals surface area contributed by atoms with Gasteiger partial charge in [-0.25, -0.2) is 0 Å². The van der Waals surface area contributed by atoms with Crippen LogP contribution in [0.3, 0.4) is 0 Å². The van der Waals surface area contributed by atoms with Gasteiger partial charge in [0.05, 0.1) is 6.61 Å².